The molecule has 6 nitrogen and oxygen atoms in total. The quantitative estimate of drug-likeness (QED) is 0.670. The van der Waals surface area contributed by atoms with Crippen LogP contribution in [0, 0.1) is 0 Å². The zero-order chi connectivity index (χ0) is 18.4. The lowest BCUT2D eigenvalue weighted by Gasteiger charge is -2.26. The average molecular weight is 347 g/mol. The molecule has 2 N–H and O–H groups in total. The fourth-order valence-electron chi connectivity index (χ4n) is 2.98. The molecule has 1 amide bonds. The highest BCUT2D eigenvalue weighted by Gasteiger charge is 2.42. The number of hydrogen-bond acceptors (Lipinski definition) is 5. The normalized spacial score (nSPS) is 17.3. The van der Waals surface area contributed by atoms with Crippen LogP contribution >= 0.6 is 0 Å². The summed E-state index contributed by atoms with van der Waals surface area (Å²) in [4.78, 5) is 26.3. The van der Waals surface area contributed by atoms with E-state index in [4.69, 9.17) is 9.84 Å². The standard InChI is InChI=1S/C19H25NO5/c1-3-9-20-17(16(15(22)4-2)18(23)19(20)24)13-7-5-8-14(12-13)25-11-6-10-21/h5,7-8,12,17,21,23H,3-4,6,9-11H2,1-2H3. The molecule has 0 saturated heterocycles. The number of aliphatic hydroxyl groups is 2. The van der Waals surface area contributed by atoms with E-state index in [1.807, 2.05) is 13.0 Å². The molecule has 6 heteroatoms. The number of ketones is 1. The first kappa shape index (κ1) is 19.0. The highest BCUT2D eigenvalue weighted by atomic mass is 16.5. The fourth-order valence-corrected chi connectivity index (χ4v) is 2.98. The largest absolute Gasteiger partial charge is 0.503 e. The highest BCUT2D eigenvalue weighted by molar-refractivity contribution is 6.08. The van der Waals surface area contributed by atoms with Crippen LogP contribution in [0.2, 0.25) is 0 Å². The fraction of sp³-hybridized carbons (Fsp3) is 0.474. The summed E-state index contributed by atoms with van der Waals surface area (Å²) in [6.45, 7) is 4.52. The Kier molecular flexibility index (Phi) is 6.58. The number of benzene rings is 1. The zero-order valence-corrected chi connectivity index (χ0v) is 14.7. The number of Topliss-reactive ketones (excluding diaryl/α,β-unsaturated/α-hetero) is 1. The summed E-state index contributed by atoms with van der Waals surface area (Å²) in [6.07, 6.45) is 1.46. The van der Waals surface area contributed by atoms with Gasteiger partial charge < -0.3 is 19.8 Å². The van der Waals surface area contributed by atoms with Gasteiger partial charge in [-0.05, 0) is 24.1 Å². The molecule has 1 heterocycles. The van der Waals surface area contributed by atoms with Crippen molar-refractivity contribution in [1.29, 1.82) is 0 Å². The van der Waals surface area contributed by atoms with Crippen molar-refractivity contribution >= 4 is 11.7 Å². The number of aliphatic hydroxyl groups excluding tert-OH is 2. The van der Waals surface area contributed by atoms with E-state index in [0.29, 0.717) is 25.3 Å². The molecule has 0 radical (unpaired) electrons. The molecule has 1 aromatic carbocycles. The Bertz CT molecular complexity index is 668. The minimum atomic E-state index is -0.596. The van der Waals surface area contributed by atoms with Crippen molar-refractivity contribution in [3.8, 4) is 5.75 Å². The Labute approximate surface area is 147 Å². The molecular weight excluding hydrogens is 322 g/mol. The van der Waals surface area contributed by atoms with Gasteiger partial charge in [-0.15, -0.1) is 0 Å². The number of carbonyl (C=O) groups excluding carboxylic acids is 2. The molecule has 0 saturated carbocycles. The number of amides is 1. The van der Waals surface area contributed by atoms with E-state index >= 15 is 0 Å². The van der Waals surface area contributed by atoms with Gasteiger partial charge in [0.15, 0.2) is 11.5 Å². The van der Waals surface area contributed by atoms with Crippen LogP contribution in [0.4, 0.5) is 0 Å². The van der Waals surface area contributed by atoms with E-state index < -0.39 is 17.7 Å². The van der Waals surface area contributed by atoms with Gasteiger partial charge in [-0.25, -0.2) is 0 Å². The van der Waals surface area contributed by atoms with Gasteiger partial charge in [0.25, 0.3) is 5.91 Å². The third kappa shape index (κ3) is 4.02. The number of carbonyl (C=O) groups is 2. The third-order valence-electron chi connectivity index (χ3n) is 4.13. The molecular formula is C19H25NO5. The summed E-state index contributed by atoms with van der Waals surface area (Å²) < 4.78 is 5.59. The Morgan fingerprint density at radius 1 is 1.32 bits per heavy atom. The second-order valence-electron chi connectivity index (χ2n) is 5.94. The van der Waals surface area contributed by atoms with Crippen molar-refractivity contribution in [3.05, 3.63) is 41.2 Å². The van der Waals surface area contributed by atoms with Gasteiger partial charge in [-0.2, -0.15) is 0 Å². The second-order valence-corrected chi connectivity index (χ2v) is 5.94. The van der Waals surface area contributed by atoms with Gasteiger partial charge in [0.1, 0.15) is 5.75 Å². The molecule has 0 bridgehead atoms. The highest BCUT2D eigenvalue weighted by Crippen LogP contribution is 2.39. The first-order valence-corrected chi connectivity index (χ1v) is 8.66. The Morgan fingerprint density at radius 2 is 2.08 bits per heavy atom. The van der Waals surface area contributed by atoms with Gasteiger partial charge in [-0.3, -0.25) is 9.59 Å². The van der Waals surface area contributed by atoms with Crippen LogP contribution in [0.3, 0.4) is 0 Å². The summed E-state index contributed by atoms with van der Waals surface area (Å²) in [7, 11) is 0. The van der Waals surface area contributed by atoms with Crippen molar-refractivity contribution in [2.24, 2.45) is 0 Å². The van der Waals surface area contributed by atoms with Crippen LogP contribution < -0.4 is 4.74 Å². The van der Waals surface area contributed by atoms with Crippen LogP contribution in [0.1, 0.15) is 44.7 Å². The van der Waals surface area contributed by atoms with E-state index in [1.165, 1.54) is 4.90 Å². The van der Waals surface area contributed by atoms with Crippen LogP contribution in [0.5, 0.6) is 5.75 Å². The summed E-state index contributed by atoms with van der Waals surface area (Å²) in [5.74, 6) is -0.585. The molecule has 0 aliphatic carbocycles. The third-order valence-corrected chi connectivity index (χ3v) is 4.13. The SMILES string of the molecule is CCCN1C(=O)C(O)=C(C(=O)CC)C1c1cccc(OCCCO)c1. The molecule has 1 aliphatic heterocycles. The van der Waals surface area contributed by atoms with Crippen LogP contribution in [-0.2, 0) is 9.59 Å². The van der Waals surface area contributed by atoms with E-state index in [9.17, 15) is 14.7 Å². The van der Waals surface area contributed by atoms with Crippen molar-refractivity contribution in [1.82, 2.24) is 4.90 Å². The summed E-state index contributed by atoms with van der Waals surface area (Å²) in [5.41, 5.74) is 0.887. The molecule has 1 aliphatic rings. The number of hydrogen-bond donors (Lipinski definition) is 2. The van der Waals surface area contributed by atoms with E-state index in [0.717, 1.165) is 12.0 Å². The maximum absolute atomic E-state index is 12.4. The lowest BCUT2D eigenvalue weighted by Crippen LogP contribution is -2.31. The maximum Gasteiger partial charge on any atom is 0.290 e. The molecule has 1 unspecified atom stereocenters. The Balaban J connectivity index is 2.39. The van der Waals surface area contributed by atoms with E-state index in [-0.39, 0.29) is 24.4 Å². The Hall–Kier alpha value is -2.34. The first-order chi connectivity index (χ1) is 12.0. The number of ether oxygens (including phenoxy) is 1. The van der Waals surface area contributed by atoms with Gasteiger partial charge in [0.2, 0.25) is 0 Å². The summed E-state index contributed by atoms with van der Waals surface area (Å²) in [6, 6.07) is 6.58. The van der Waals surface area contributed by atoms with E-state index in [2.05, 4.69) is 0 Å². The Morgan fingerprint density at radius 3 is 2.72 bits per heavy atom. The smallest absolute Gasteiger partial charge is 0.290 e. The molecule has 0 spiro atoms. The van der Waals surface area contributed by atoms with Gasteiger partial charge in [0.05, 0.1) is 18.2 Å². The lowest BCUT2D eigenvalue weighted by atomic mass is 9.95. The van der Waals surface area contributed by atoms with Gasteiger partial charge >= 0.3 is 0 Å². The maximum atomic E-state index is 12.4. The van der Waals surface area contributed by atoms with Crippen molar-refractivity contribution < 1.29 is 24.5 Å². The summed E-state index contributed by atoms with van der Waals surface area (Å²) >= 11 is 0. The van der Waals surface area contributed by atoms with Crippen LogP contribution in [0.25, 0.3) is 0 Å². The van der Waals surface area contributed by atoms with E-state index in [1.54, 1.807) is 25.1 Å². The molecule has 1 atom stereocenters. The number of rotatable bonds is 9. The van der Waals surface area contributed by atoms with Crippen molar-refractivity contribution in [3.63, 3.8) is 0 Å². The zero-order valence-electron chi connectivity index (χ0n) is 14.7. The molecule has 1 aromatic rings. The van der Waals surface area contributed by atoms with Gasteiger partial charge in [-0.1, -0.05) is 26.0 Å². The average Bonchev–Trinajstić information content (AvgIpc) is 2.87. The van der Waals surface area contributed by atoms with Crippen LogP contribution in [-0.4, -0.2) is 46.6 Å². The van der Waals surface area contributed by atoms with Gasteiger partial charge in [0, 0.05) is 26.0 Å². The molecule has 0 aromatic heterocycles. The second kappa shape index (κ2) is 8.67. The molecule has 25 heavy (non-hydrogen) atoms. The monoisotopic (exact) mass is 347 g/mol. The predicted molar refractivity (Wildman–Crippen MR) is 93.3 cm³/mol. The lowest BCUT2D eigenvalue weighted by molar-refractivity contribution is -0.129. The summed E-state index contributed by atoms with van der Waals surface area (Å²) in [5, 5.41) is 19.1. The topological polar surface area (TPSA) is 87.1 Å². The molecule has 0 fully saturated rings. The van der Waals surface area contributed by atoms with Crippen molar-refractivity contribution in [2.75, 3.05) is 19.8 Å². The minimum absolute atomic E-state index is 0.0485. The van der Waals surface area contributed by atoms with Crippen molar-refractivity contribution in [2.45, 2.75) is 39.2 Å². The number of nitrogens with zero attached hydrogens (tertiary/aromatic N) is 1. The molecule has 2 rings (SSSR count). The predicted octanol–water partition coefficient (Wildman–Crippen LogP) is 2.53. The minimum Gasteiger partial charge on any atom is -0.503 e. The molecule has 136 valence electrons. The van der Waals surface area contributed by atoms with Crippen LogP contribution in [0.15, 0.2) is 35.6 Å². The first-order valence-electron chi connectivity index (χ1n) is 8.66.